The van der Waals surface area contributed by atoms with E-state index in [2.05, 4.69) is 78.0 Å². The minimum atomic E-state index is 0. The van der Waals surface area contributed by atoms with Crippen LogP contribution in [-0.4, -0.2) is 13.0 Å². The standard InChI is InChI=1S/C18H23N3.HI/c1-14-7-9-16(10-8-14)12-20-18(19-3)21-13-17-6-4-5-15(2)11-17;/h4-11H,12-13H2,1-3H3,(H2,19,20,21);1H. The van der Waals surface area contributed by atoms with Crippen molar-refractivity contribution in [2.24, 2.45) is 4.99 Å². The molecule has 0 atom stereocenters. The lowest BCUT2D eigenvalue weighted by Crippen LogP contribution is -2.36. The monoisotopic (exact) mass is 409 g/mol. The van der Waals surface area contributed by atoms with E-state index in [0.29, 0.717) is 0 Å². The van der Waals surface area contributed by atoms with Crippen LogP contribution < -0.4 is 10.6 Å². The van der Waals surface area contributed by atoms with Crippen molar-refractivity contribution in [3.05, 3.63) is 70.8 Å². The molecular weight excluding hydrogens is 385 g/mol. The lowest BCUT2D eigenvalue weighted by atomic mass is 10.1. The lowest BCUT2D eigenvalue weighted by Gasteiger charge is -2.12. The van der Waals surface area contributed by atoms with Gasteiger partial charge in [0, 0.05) is 20.1 Å². The fraction of sp³-hybridized carbons (Fsp3) is 0.278. The molecule has 0 aliphatic rings. The number of guanidine groups is 1. The predicted molar refractivity (Wildman–Crippen MR) is 105 cm³/mol. The molecule has 0 radical (unpaired) electrons. The van der Waals surface area contributed by atoms with Crippen molar-refractivity contribution in [3.63, 3.8) is 0 Å². The van der Waals surface area contributed by atoms with E-state index >= 15 is 0 Å². The SMILES string of the molecule is CN=C(NCc1ccc(C)cc1)NCc1cccc(C)c1.I. The Hall–Kier alpha value is -1.56. The molecule has 0 aliphatic carbocycles. The zero-order chi connectivity index (χ0) is 15.1. The molecule has 2 N–H and O–H groups in total. The highest BCUT2D eigenvalue weighted by atomic mass is 127. The first-order chi connectivity index (χ1) is 10.2. The van der Waals surface area contributed by atoms with Gasteiger partial charge >= 0.3 is 0 Å². The number of nitrogens with zero attached hydrogens (tertiary/aromatic N) is 1. The Kier molecular flexibility index (Phi) is 7.95. The van der Waals surface area contributed by atoms with Crippen molar-refractivity contribution in [2.75, 3.05) is 7.05 Å². The van der Waals surface area contributed by atoms with Gasteiger partial charge in [0.05, 0.1) is 0 Å². The molecule has 118 valence electrons. The molecule has 2 aromatic carbocycles. The smallest absolute Gasteiger partial charge is 0.191 e. The third-order valence-corrected chi connectivity index (χ3v) is 3.35. The highest BCUT2D eigenvalue weighted by Crippen LogP contribution is 2.04. The molecule has 0 spiro atoms. The minimum absolute atomic E-state index is 0. The van der Waals surface area contributed by atoms with Gasteiger partial charge < -0.3 is 10.6 Å². The van der Waals surface area contributed by atoms with Gasteiger partial charge in [-0.1, -0.05) is 59.7 Å². The first-order valence-corrected chi connectivity index (χ1v) is 7.23. The summed E-state index contributed by atoms with van der Waals surface area (Å²) in [4.78, 5) is 4.25. The molecular formula is C18H24IN3. The summed E-state index contributed by atoms with van der Waals surface area (Å²) in [6.45, 7) is 5.75. The fourth-order valence-corrected chi connectivity index (χ4v) is 2.12. The number of aryl methyl sites for hydroxylation is 2. The van der Waals surface area contributed by atoms with E-state index in [4.69, 9.17) is 0 Å². The van der Waals surface area contributed by atoms with Gasteiger partial charge in [0.15, 0.2) is 5.96 Å². The summed E-state index contributed by atoms with van der Waals surface area (Å²) in [5.41, 5.74) is 5.06. The highest BCUT2D eigenvalue weighted by molar-refractivity contribution is 14.0. The normalized spacial score (nSPS) is 10.8. The minimum Gasteiger partial charge on any atom is -0.352 e. The summed E-state index contributed by atoms with van der Waals surface area (Å²) in [6.07, 6.45) is 0. The topological polar surface area (TPSA) is 36.4 Å². The van der Waals surface area contributed by atoms with Crippen LogP contribution in [0, 0.1) is 13.8 Å². The molecule has 0 aromatic heterocycles. The Morgan fingerprint density at radius 2 is 1.50 bits per heavy atom. The van der Waals surface area contributed by atoms with Crippen LogP contribution in [0.2, 0.25) is 0 Å². The third kappa shape index (κ3) is 6.05. The Bertz CT molecular complexity index is 606. The molecule has 2 aromatic rings. The summed E-state index contributed by atoms with van der Waals surface area (Å²) in [5, 5.41) is 6.66. The van der Waals surface area contributed by atoms with E-state index in [1.807, 2.05) is 0 Å². The molecule has 0 aliphatic heterocycles. The van der Waals surface area contributed by atoms with Crippen LogP contribution >= 0.6 is 24.0 Å². The van der Waals surface area contributed by atoms with Crippen molar-refractivity contribution in [3.8, 4) is 0 Å². The summed E-state index contributed by atoms with van der Waals surface area (Å²) < 4.78 is 0. The first kappa shape index (κ1) is 18.5. The summed E-state index contributed by atoms with van der Waals surface area (Å²) in [5.74, 6) is 0.817. The van der Waals surface area contributed by atoms with Crippen molar-refractivity contribution in [1.82, 2.24) is 10.6 Å². The van der Waals surface area contributed by atoms with E-state index in [1.165, 1.54) is 22.3 Å². The predicted octanol–water partition coefficient (Wildman–Crippen LogP) is 3.79. The molecule has 2 rings (SSSR count). The maximum absolute atomic E-state index is 4.25. The summed E-state index contributed by atoms with van der Waals surface area (Å²) in [7, 11) is 1.79. The van der Waals surface area contributed by atoms with E-state index in [0.717, 1.165) is 19.0 Å². The quantitative estimate of drug-likeness (QED) is 0.458. The fourth-order valence-electron chi connectivity index (χ4n) is 2.12. The second-order valence-corrected chi connectivity index (χ2v) is 5.25. The van der Waals surface area contributed by atoms with Crippen LogP contribution in [-0.2, 0) is 13.1 Å². The van der Waals surface area contributed by atoms with E-state index in [-0.39, 0.29) is 24.0 Å². The average molecular weight is 409 g/mol. The van der Waals surface area contributed by atoms with Gasteiger partial charge in [0.25, 0.3) is 0 Å². The molecule has 0 fully saturated rings. The van der Waals surface area contributed by atoms with Crippen LogP contribution in [0.3, 0.4) is 0 Å². The number of benzene rings is 2. The first-order valence-electron chi connectivity index (χ1n) is 7.23. The van der Waals surface area contributed by atoms with Crippen molar-refractivity contribution >= 4 is 29.9 Å². The summed E-state index contributed by atoms with van der Waals surface area (Å²) >= 11 is 0. The zero-order valence-corrected chi connectivity index (χ0v) is 15.7. The molecule has 0 saturated carbocycles. The van der Waals surface area contributed by atoms with Gasteiger partial charge in [-0.05, 0) is 25.0 Å². The molecule has 22 heavy (non-hydrogen) atoms. The molecule has 0 bridgehead atoms. The average Bonchev–Trinajstić information content (AvgIpc) is 2.49. The highest BCUT2D eigenvalue weighted by Gasteiger charge is 1.99. The van der Waals surface area contributed by atoms with E-state index < -0.39 is 0 Å². The van der Waals surface area contributed by atoms with Gasteiger partial charge in [-0.15, -0.1) is 24.0 Å². The number of hydrogen-bond donors (Lipinski definition) is 2. The van der Waals surface area contributed by atoms with Crippen molar-refractivity contribution < 1.29 is 0 Å². The number of nitrogens with one attached hydrogen (secondary N) is 2. The van der Waals surface area contributed by atoms with Gasteiger partial charge in [-0.3, -0.25) is 4.99 Å². The third-order valence-electron chi connectivity index (χ3n) is 3.35. The van der Waals surface area contributed by atoms with Crippen LogP contribution in [0.5, 0.6) is 0 Å². The van der Waals surface area contributed by atoms with Crippen LogP contribution in [0.4, 0.5) is 0 Å². The van der Waals surface area contributed by atoms with E-state index in [1.54, 1.807) is 7.05 Å². The van der Waals surface area contributed by atoms with Gasteiger partial charge in [0.1, 0.15) is 0 Å². The molecule has 0 amide bonds. The molecule has 0 saturated heterocycles. The van der Waals surface area contributed by atoms with Crippen LogP contribution in [0.1, 0.15) is 22.3 Å². The van der Waals surface area contributed by atoms with Crippen molar-refractivity contribution in [1.29, 1.82) is 0 Å². The maximum Gasteiger partial charge on any atom is 0.191 e. The Morgan fingerprint density at radius 1 is 0.864 bits per heavy atom. The molecule has 0 heterocycles. The number of hydrogen-bond acceptors (Lipinski definition) is 1. The second kappa shape index (κ2) is 9.46. The van der Waals surface area contributed by atoms with Gasteiger partial charge in [-0.2, -0.15) is 0 Å². The second-order valence-electron chi connectivity index (χ2n) is 5.25. The Balaban J connectivity index is 0.00000242. The Labute approximate surface area is 150 Å². The molecule has 4 heteroatoms. The van der Waals surface area contributed by atoms with Crippen LogP contribution in [0.25, 0.3) is 0 Å². The maximum atomic E-state index is 4.25. The van der Waals surface area contributed by atoms with Crippen LogP contribution in [0.15, 0.2) is 53.5 Å². The molecule has 3 nitrogen and oxygen atoms in total. The largest absolute Gasteiger partial charge is 0.352 e. The number of aliphatic imine (C=N–C) groups is 1. The number of rotatable bonds is 4. The summed E-state index contributed by atoms with van der Waals surface area (Å²) in [6, 6.07) is 17.0. The van der Waals surface area contributed by atoms with Crippen molar-refractivity contribution in [2.45, 2.75) is 26.9 Å². The zero-order valence-electron chi connectivity index (χ0n) is 13.4. The molecule has 0 unspecified atom stereocenters. The number of halogens is 1. The van der Waals surface area contributed by atoms with Gasteiger partial charge in [-0.25, -0.2) is 0 Å². The lowest BCUT2D eigenvalue weighted by molar-refractivity contribution is 0.808. The van der Waals surface area contributed by atoms with E-state index in [9.17, 15) is 0 Å². The van der Waals surface area contributed by atoms with Gasteiger partial charge in [0.2, 0.25) is 0 Å². The Morgan fingerprint density at radius 3 is 2.09 bits per heavy atom.